The van der Waals surface area contributed by atoms with E-state index in [1.54, 1.807) is 6.07 Å². The standard InChI is InChI=1S/C16H22F3NO/c1-14(2)9-13(15(3,4)21-14)20-10-11-6-5-7-12(8-11)16(17,18)19/h5-8,13,20H,9-10H2,1-4H3. The van der Waals surface area contributed by atoms with Crippen LogP contribution in [0.3, 0.4) is 0 Å². The van der Waals surface area contributed by atoms with Gasteiger partial charge in [0.15, 0.2) is 0 Å². The summed E-state index contributed by atoms with van der Waals surface area (Å²) in [5.41, 5.74) is -0.519. The SMILES string of the molecule is CC1(C)CC(NCc2cccc(C(F)(F)F)c2)C(C)(C)O1. The first-order valence-corrected chi connectivity index (χ1v) is 7.09. The van der Waals surface area contributed by atoms with Crippen molar-refractivity contribution in [3.8, 4) is 0 Å². The molecule has 0 radical (unpaired) electrons. The maximum atomic E-state index is 12.7. The molecule has 1 heterocycles. The molecule has 1 unspecified atom stereocenters. The van der Waals surface area contributed by atoms with E-state index in [0.717, 1.165) is 12.5 Å². The van der Waals surface area contributed by atoms with Gasteiger partial charge in [0, 0.05) is 12.6 Å². The van der Waals surface area contributed by atoms with Crippen LogP contribution in [0, 0.1) is 0 Å². The maximum Gasteiger partial charge on any atom is 0.416 e. The number of halogens is 3. The van der Waals surface area contributed by atoms with E-state index in [1.807, 2.05) is 27.7 Å². The van der Waals surface area contributed by atoms with Crippen LogP contribution < -0.4 is 5.32 Å². The molecule has 21 heavy (non-hydrogen) atoms. The van der Waals surface area contributed by atoms with Gasteiger partial charge in [0.1, 0.15) is 0 Å². The first kappa shape index (κ1) is 16.3. The average Bonchev–Trinajstić information content (AvgIpc) is 2.53. The van der Waals surface area contributed by atoms with Gasteiger partial charge in [0.2, 0.25) is 0 Å². The molecule has 0 bridgehead atoms. The largest absolute Gasteiger partial charge is 0.416 e. The van der Waals surface area contributed by atoms with Crippen molar-refractivity contribution in [1.82, 2.24) is 5.32 Å². The van der Waals surface area contributed by atoms with Crippen LogP contribution >= 0.6 is 0 Å². The van der Waals surface area contributed by atoms with Gasteiger partial charge in [-0.15, -0.1) is 0 Å². The Balaban J connectivity index is 2.04. The van der Waals surface area contributed by atoms with E-state index in [2.05, 4.69) is 5.32 Å². The molecule has 1 saturated heterocycles. The molecule has 2 rings (SSSR count). The molecule has 1 fully saturated rings. The van der Waals surface area contributed by atoms with Gasteiger partial charge in [0.05, 0.1) is 16.8 Å². The maximum absolute atomic E-state index is 12.7. The number of rotatable bonds is 3. The van der Waals surface area contributed by atoms with Gasteiger partial charge < -0.3 is 10.1 Å². The predicted molar refractivity (Wildman–Crippen MR) is 75.9 cm³/mol. The fourth-order valence-corrected chi connectivity index (χ4v) is 2.98. The Hall–Kier alpha value is -1.07. The highest BCUT2D eigenvalue weighted by Crippen LogP contribution is 2.37. The van der Waals surface area contributed by atoms with Crippen molar-refractivity contribution in [3.63, 3.8) is 0 Å². The van der Waals surface area contributed by atoms with E-state index >= 15 is 0 Å². The van der Waals surface area contributed by atoms with Crippen LogP contribution in [-0.4, -0.2) is 17.2 Å². The van der Waals surface area contributed by atoms with Crippen LogP contribution in [0.1, 0.15) is 45.2 Å². The molecule has 1 aromatic rings. The third kappa shape index (κ3) is 3.98. The summed E-state index contributed by atoms with van der Waals surface area (Å²) in [4.78, 5) is 0. The Morgan fingerprint density at radius 3 is 2.43 bits per heavy atom. The third-order valence-corrected chi connectivity index (χ3v) is 3.88. The second-order valence-electron chi connectivity index (χ2n) is 6.80. The molecule has 1 atom stereocenters. The van der Waals surface area contributed by atoms with Crippen LogP contribution in [-0.2, 0) is 17.5 Å². The molecule has 1 N–H and O–H groups in total. The summed E-state index contributed by atoms with van der Waals surface area (Å²) in [6.45, 7) is 8.47. The molecule has 118 valence electrons. The van der Waals surface area contributed by atoms with E-state index < -0.39 is 11.7 Å². The van der Waals surface area contributed by atoms with Crippen molar-refractivity contribution in [2.75, 3.05) is 0 Å². The van der Waals surface area contributed by atoms with E-state index in [0.29, 0.717) is 12.1 Å². The number of benzene rings is 1. The Bertz CT molecular complexity index is 508. The van der Waals surface area contributed by atoms with E-state index in [4.69, 9.17) is 4.74 Å². The molecule has 0 saturated carbocycles. The molecule has 0 aliphatic carbocycles. The van der Waals surface area contributed by atoms with Crippen molar-refractivity contribution >= 4 is 0 Å². The van der Waals surface area contributed by atoms with Gasteiger partial charge in [-0.05, 0) is 45.7 Å². The lowest BCUT2D eigenvalue weighted by Crippen LogP contribution is -2.42. The molecule has 1 aliphatic rings. The van der Waals surface area contributed by atoms with Gasteiger partial charge >= 0.3 is 6.18 Å². The molecule has 2 nitrogen and oxygen atoms in total. The fourth-order valence-electron chi connectivity index (χ4n) is 2.98. The molecule has 0 aromatic heterocycles. The summed E-state index contributed by atoms with van der Waals surface area (Å²) in [6.07, 6.45) is -3.47. The molecule has 0 amide bonds. The summed E-state index contributed by atoms with van der Waals surface area (Å²) in [5, 5.41) is 3.33. The van der Waals surface area contributed by atoms with Gasteiger partial charge in [-0.25, -0.2) is 0 Å². The van der Waals surface area contributed by atoms with Crippen molar-refractivity contribution < 1.29 is 17.9 Å². The van der Waals surface area contributed by atoms with Crippen LogP contribution in [0.4, 0.5) is 13.2 Å². The van der Waals surface area contributed by atoms with Crippen molar-refractivity contribution in [1.29, 1.82) is 0 Å². The molecular formula is C16H22F3NO. The summed E-state index contributed by atoms with van der Waals surface area (Å²) >= 11 is 0. The summed E-state index contributed by atoms with van der Waals surface area (Å²) in [5.74, 6) is 0. The van der Waals surface area contributed by atoms with Crippen LogP contribution in [0.5, 0.6) is 0 Å². The molecular weight excluding hydrogens is 279 g/mol. The minimum atomic E-state index is -4.30. The first-order chi connectivity index (χ1) is 9.50. The van der Waals surface area contributed by atoms with Crippen LogP contribution in [0.2, 0.25) is 0 Å². The summed E-state index contributed by atoms with van der Waals surface area (Å²) in [7, 11) is 0. The summed E-state index contributed by atoms with van der Waals surface area (Å²) < 4.78 is 44.1. The average molecular weight is 301 g/mol. The zero-order chi connectivity index (χ0) is 15.9. The number of hydrogen-bond acceptors (Lipinski definition) is 2. The second-order valence-corrected chi connectivity index (χ2v) is 6.80. The van der Waals surface area contributed by atoms with Crippen LogP contribution in [0.15, 0.2) is 24.3 Å². The number of ether oxygens (including phenoxy) is 1. The number of nitrogens with one attached hydrogen (secondary N) is 1. The van der Waals surface area contributed by atoms with E-state index in [1.165, 1.54) is 12.1 Å². The highest BCUT2D eigenvalue weighted by Gasteiger charge is 2.45. The normalized spacial score (nSPS) is 24.2. The Morgan fingerprint density at radius 2 is 1.90 bits per heavy atom. The zero-order valence-corrected chi connectivity index (χ0v) is 12.8. The van der Waals surface area contributed by atoms with Crippen molar-refractivity contribution in [2.45, 2.75) is 64.1 Å². The number of alkyl halides is 3. The third-order valence-electron chi connectivity index (χ3n) is 3.88. The van der Waals surface area contributed by atoms with Crippen LogP contribution in [0.25, 0.3) is 0 Å². The quantitative estimate of drug-likeness (QED) is 0.906. The highest BCUT2D eigenvalue weighted by molar-refractivity contribution is 5.25. The van der Waals surface area contributed by atoms with E-state index in [9.17, 15) is 13.2 Å². The lowest BCUT2D eigenvalue weighted by Gasteiger charge is -2.28. The topological polar surface area (TPSA) is 21.3 Å². The van der Waals surface area contributed by atoms with Gasteiger partial charge in [-0.3, -0.25) is 0 Å². The van der Waals surface area contributed by atoms with Crippen molar-refractivity contribution in [2.24, 2.45) is 0 Å². The van der Waals surface area contributed by atoms with E-state index in [-0.39, 0.29) is 17.2 Å². The van der Waals surface area contributed by atoms with Gasteiger partial charge in [0.25, 0.3) is 0 Å². The Kier molecular flexibility index (Phi) is 4.10. The zero-order valence-electron chi connectivity index (χ0n) is 12.8. The van der Waals surface area contributed by atoms with Gasteiger partial charge in [-0.2, -0.15) is 13.2 Å². The fraction of sp³-hybridized carbons (Fsp3) is 0.625. The molecule has 0 spiro atoms. The Morgan fingerprint density at radius 1 is 1.24 bits per heavy atom. The lowest BCUT2D eigenvalue weighted by molar-refractivity contribution is -0.137. The second kappa shape index (κ2) is 5.29. The Labute approximate surface area is 123 Å². The monoisotopic (exact) mass is 301 g/mol. The first-order valence-electron chi connectivity index (χ1n) is 7.09. The van der Waals surface area contributed by atoms with Crippen molar-refractivity contribution in [3.05, 3.63) is 35.4 Å². The molecule has 1 aliphatic heterocycles. The minimum absolute atomic E-state index is 0.113. The number of hydrogen-bond donors (Lipinski definition) is 1. The van der Waals surface area contributed by atoms with Gasteiger partial charge in [-0.1, -0.05) is 18.2 Å². The molecule has 5 heteroatoms. The minimum Gasteiger partial charge on any atom is -0.368 e. The molecule has 1 aromatic carbocycles. The summed E-state index contributed by atoms with van der Waals surface area (Å²) in [6, 6.07) is 5.55. The lowest BCUT2D eigenvalue weighted by atomic mass is 9.94. The predicted octanol–water partition coefficient (Wildman–Crippen LogP) is 4.14. The smallest absolute Gasteiger partial charge is 0.368 e. The highest BCUT2D eigenvalue weighted by atomic mass is 19.4.